The minimum absolute atomic E-state index is 0.0674. The van der Waals surface area contributed by atoms with Crippen LogP contribution in [-0.2, 0) is 11.2 Å². The maximum absolute atomic E-state index is 13.8. The summed E-state index contributed by atoms with van der Waals surface area (Å²) in [6, 6.07) is 8.62. The van der Waals surface area contributed by atoms with Crippen LogP contribution in [0.25, 0.3) is 22.4 Å². The third kappa shape index (κ3) is 4.43. The molecule has 3 aromatic rings. The Kier molecular flexibility index (Phi) is 6.01. The molecule has 2 atom stereocenters. The quantitative estimate of drug-likeness (QED) is 0.379. The summed E-state index contributed by atoms with van der Waals surface area (Å²) in [5, 5.41) is 9.31. The zero-order valence-electron chi connectivity index (χ0n) is 22.7. The molecule has 1 N–H and O–H groups in total. The molecule has 3 heterocycles. The van der Waals surface area contributed by atoms with E-state index >= 15 is 0 Å². The van der Waals surface area contributed by atoms with Crippen molar-refractivity contribution >= 4 is 16.8 Å². The van der Waals surface area contributed by atoms with Crippen molar-refractivity contribution in [3.63, 3.8) is 0 Å². The molecule has 39 heavy (non-hydrogen) atoms. The second-order valence-electron chi connectivity index (χ2n) is 12.1. The van der Waals surface area contributed by atoms with Crippen molar-refractivity contribution in [2.75, 3.05) is 13.2 Å². The Labute approximate surface area is 229 Å². The first-order valence-corrected chi connectivity index (χ1v) is 14.4. The van der Waals surface area contributed by atoms with Crippen molar-refractivity contribution in [3.8, 4) is 17.5 Å². The largest absolute Gasteiger partial charge is 0.381 e. The van der Waals surface area contributed by atoms with E-state index in [0.717, 1.165) is 102 Å². The lowest BCUT2D eigenvalue weighted by molar-refractivity contribution is -0.0316. The van der Waals surface area contributed by atoms with E-state index in [1.165, 1.54) is 5.57 Å². The van der Waals surface area contributed by atoms with Gasteiger partial charge in [-0.3, -0.25) is 9.78 Å². The van der Waals surface area contributed by atoms with E-state index in [1.54, 1.807) is 0 Å². The van der Waals surface area contributed by atoms with E-state index < -0.39 is 0 Å². The van der Waals surface area contributed by atoms with Gasteiger partial charge in [-0.05, 0) is 93.5 Å². The van der Waals surface area contributed by atoms with Gasteiger partial charge < -0.3 is 9.72 Å². The number of aryl methyl sites for hydroxylation is 2. The van der Waals surface area contributed by atoms with Crippen molar-refractivity contribution in [1.29, 1.82) is 5.26 Å². The first-order valence-electron chi connectivity index (χ1n) is 14.4. The van der Waals surface area contributed by atoms with E-state index in [4.69, 9.17) is 9.72 Å². The Morgan fingerprint density at radius 1 is 1.08 bits per heavy atom. The number of nitriles is 1. The normalized spacial score (nSPS) is 26.3. The SMILES string of the molecule is Cc1cc(C)c(-c2nc3cc(CC4COC4)ncc3[nH]2)cc1C(=O)C1CCC(C2=CC=C(C#N)C3CC23)CC1. The number of nitrogens with one attached hydrogen (secondary N) is 1. The van der Waals surface area contributed by atoms with Crippen LogP contribution >= 0.6 is 0 Å². The molecule has 3 fully saturated rings. The molecule has 2 unspecified atom stereocenters. The predicted molar refractivity (Wildman–Crippen MR) is 150 cm³/mol. The molecule has 6 heteroatoms. The van der Waals surface area contributed by atoms with Crippen LogP contribution in [-0.4, -0.2) is 33.9 Å². The second-order valence-corrected chi connectivity index (χ2v) is 12.1. The van der Waals surface area contributed by atoms with Gasteiger partial charge >= 0.3 is 0 Å². The van der Waals surface area contributed by atoms with Gasteiger partial charge in [0.05, 0.1) is 36.5 Å². The number of pyridine rings is 1. The van der Waals surface area contributed by atoms with Crippen molar-refractivity contribution in [3.05, 3.63) is 70.1 Å². The predicted octanol–water partition coefficient (Wildman–Crippen LogP) is 6.45. The maximum atomic E-state index is 13.8. The molecule has 0 amide bonds. The number of Topliss-reactive ketones (excluding diaryl/α,β-unsaturated/α-hetero) is 1. The lowest BCUT2D eigenvalue weighted by atomic mass is 9.73. The van der Waals surface area contributed by atoms with Crippen LogP contribution in [0.3, 0.4) is 0 Å². The van der Waals surface area contributed by atoms with Crippen LogP contribution in [0.1, 0.15) is 59.3 Å². The number of hydrogen-bond donors (Lipinski definition) is 1. The van der Waals surface area contributed by atoms with Crippen LogP contribution in [0.15, 0.2) is 47.7 Å². The summed E-state index contributed by atoms with van der Waals surface area (Å²) in [7, 11) is 0. The Bertz CT molecular complexity index is 1580. The number of ketones is 1. The lowest BCUT2D eigenvalue weighted by Crippen LogP contribution is -2.29. The van der Waals surface area contributed by atoms with Crippen LogP contribution < -0.4 is 0 Å². The molecule has 0 bridgehead atoms. The van der Waals surface area contributed by atoms with Gasteiger partial charge in [0.1, 0.15) is 5.82 Å². The molecule has 2 saturated carbocycles. The second kappa shape index (κ2) is 9.57. The molecule has 1 saturated heterocycles. The molecule has 198 valence electrons. The molecule has 0 radical (unpaired) electrons. The smallest absolute Gasteiger partial charge is 0.166 e. The topological polar surface area (TPSA) is 91.7 Å². The molecule has 1 aliphatic heterocycles. The van der Waals surface area contributed by atoms with Crippen LogP contribution in [0, 0.1) is 54.8 Å². The minimum atomic E-state index is 0.0674. The fraction of sp³-hybridized carbons (Fsp3) is 0.455. The highest BCUT2D eigenvalue weighted by Crippen LogP contribution is 2.55. The Balaban J connectivity index is 1.09. The van der Waals surface area contributed by atoms with Crippen molar-refractivity contribution in [2.45, 2.75) is 52.4 Å². The lowest BCUT2D eigenvalue weighted by Gasteiger charge is -2.31. The van der Waals surface area contributed by atoms with Crippen molar-refractivity contribution in [1.82, 2.24) is 15.0 Å². The molecule has 7 rings (SSSR count). The van der Waals surface area contributed by atoms with Gasteiger partial charge in [0, 0.05) is 40.1 Å². The summed E-state index contributed by atoms with van der Waals surface area (Å²) in [5.74, 6) is 3.27. The number of imidazole rings is 1. The van der Waals surface area contributed by atoms with Gasteiger partial charge in [-0.25, -0.2) is 4.98 Å². The van der Waals surface area contributed by atoms with E-state index in [-0.39, 0.29) is 11.7 Å². The van der Waals surface area contributed by atoms with Gasteiger partial charge in [0.2, 0.25) is 0 Å². The highest BCUT2D eigenvalue weighted by atomic mass is 16.5. The van der Waals surface area contributed by atoms with Gasteiger partial charge in [0.25, 0.3) is 0 Å². The van der Waals surface area contributed by atoms with E-state index in [0.29, 0.717) is 23.7 Å². The molecular formula is C33H34N4O2. The highest BCUT2D eigenvalue weighted by Gasteiger charge is 2.46. The monoisotopic (exact) mass is 518 g/mol. The minimum Gasteiger partial charge on any atom is -0.381 e. The Morgan fingerprint density at radius 3 is 2.64 bits per heavy atom. The van der Waals surface area contributed by atoms with Crippen molar-refractivity contribution in [2.24, 2.45) is 29.6 Å². The number of carbonyl (C=O) groups excluding carboxylic acids is 1. The third-order valence-corrected chi connectivity index (χ3v) is 9.49. The number of benzene rings is 1. The molecular weight excluding hydrogens is 484 g/mol. The standard InChI is InChI=1S/C33H34N4O2/c1-18-9-19(2)27(33-36-30-11-24(10-20-16-39-17-20)35-15-31(30)37-33)12-26(18)32(38)22-5-3-21(4-6-22)25-8-7-23(14-34)28-13-29(25)28/h7-9,11-12,15,20-22,28-29H,3-6,10,13,16-17H2,1-2H3,(H,36,37). The molecule has 4 aliphatic rings. The number of allylic oxidation sites excluding steroid dienone is 4. The number of nitrogens with zero attached hydrogens (tertiary/aromatic N) is 3. The average molecular weight is 519 g/mol. The number of rotatable bonds is 6. The number of aromatic nitrogens is 3. The Morgan fingerprint density at radius 2 is 1.90 bits per heavy atom. The summed E-state index contributed by atoms with van der Waals surface area (Å²) in [5.41, 5.74) is 9.30. The average Bonchev–Trinajstić information content (AvgIpc) is 3.62. The zero-order chi connectivity index (χ0) is 26.7. The number of fused-ring (bicyclic) bond motifs is 2. The summed E-state index contributed by atoms with van der Waals surface area (Å²) < 4.78 is 5.31. The zero-order valence-corrected chi connectivity index (χ0v) is 22.7. The highest BCUT2D eigenvalue weighted by molar-refractivity contribution is 6.00. The number of aromatic amines is 1. The fourth-order valence-electron chi connectivity index (χ4n) is 7.07. The number of hydrogen-bond acceptors (Lipinski definition) is 5. The summed E-state index contributed by atoms with van der Waals surface area (Å²) in [6.07, 6.45) is 12.1. The van der Waals surface area contributed by atoms with E-state index in [2.05, 4.69) is 47.2 Å². The van der Waals surface area contributed by atoms with Gasteiger partial charge in [-0.15, -0.1) is 0 Å². The third-order valence-electron chi connectivity index (χ3n) is 9.49. The summed E-state index contributed by atoms with van der Waals surface area (Å²) in [6.45, 7) is 5.76. The first kappa shape index (κ1) is 24.5. The van der Waals surface area contributed by atoms with Crippen molar-refractivity contribution < 1.29 is 9.53 Å². The first-order chi connectivity index (χ1) is 19.0. The summed E-state index contributed by atoms with van der Waals surface area (Å²) in [4.78, 5) is 26.8. The molecule has 6 nitrogen and oxygen atoms in total. The molecule has 2 aromatic heterocycles. The van der Waals surface area contributed by atoms with Gasteiger partial charge in [0.15, 0.2) is 5.78 Å². The van der Waals surface area contributed by atoms with E-state index in [1.807, 2.05) is 19.2 Å². The maximum Gasteiger partial charge on any atom is 0.166 e. The van der Waals surface area contributed by atoms with Gasteiger partial charge in [-0.2, -0.15) is 5.26 Å². The summed E-state index contributed by atoms with van der Waals surface area (Å²) >= 11 is 0. The van der Waals surface area contributed by atoms with Crippen LogP contribution in [0.5, 0.6) is 0 Å². The number of H-pyrrole nitrogens is 1. The van der Waals surface area contributed by atoms with E-state index in [9.17, 15) is 10.1 Å². The fourth-order valence-corrected chi connectivity index (χ4v) is 7.07. The van der Waals surface area contributed by atoms with Gasteiger partial charge in [-0.1, -0.05) is 17.7 Å². The molecule has 0 spiro atoms. The number of carbonyl (C=O) groups is 1. The number of ether oxygens (including phenoxy) is 1. The van der Waals surface area contributed by atoms with Crippen LogP contribution in [0.4, 0.5) is 0 Å². The molecule has 1 aromatic carbocycles. The Hall–Kier alpha value is -3.56. The van der Waals surface area contributed by atoms with Crippen LogP contribution in [0.2, 0.25) is 0 Å². The molecule has 3 aliphatic carbocycles.